The molecule has 4 heterocycles. The average molecular weight is 671 g/mol. The molecule has 3 amide bonds. The number of nitrogens with one attached hydrogen (secondary N) is 1. The summed E-state index contributed by atoms with van der Waals surface area (Å²) in [6, 6.07) is 4.69. The molecule has 2 aromatic heterocycles. The van der Waals surface area contributed by atoms with Crippen LogP contribution in [0.1, 0.15) is 36.2 Å². The quantitative estimate of drug-likeness (QED) is 0.282. The van der Waals surface area contributed by atoms with Gasteiger partial charge in [0.15, 0.2) is 29.3 Å². The number of amides is 3. The normalized spacial score (nSPS) is 18.5. The van der Waals surface area contributed by atoms with E-state index in [-0.39, 0.29) is 79.5 Å². The van der Waals surface area contributed by atoms with E-state index in [1.807, 2.05) is 0 Å². The van der Waals surface area contributed by atoms with Crippen LogP contribution in [0.15, 0.2) is 35.3 Å². The number of piperazine rings is 1. The van der Waals surface area contributed by atoms with Crippen molar-refractivity contribution in [3.8, 4) is 5.75 Å². The number of benzene rings is 1. The number of halogens is 2. The van der Waals surface area contributed by atoms with Crippen LogP contribution in [0.3, 0.4) is 0 Å². The Bertz CT molecular complexity index is 1860. The number of carbonyl (C=O) groups excluding carboxylic acids is 3. The molecule has 6 rings (SSSR count). The molecular formula is C31H32F2N6O9. The number of ether oxygens (including phenoxy) is 2. The van der Waals surface area contributed by atoms with E-state index in [2.05, 4.69) is 10.3 Å². The minimum atomic E-state index is -1.63. The average Bonchev–Trinajstić information content (AvgIpc) is 3.83. The Morgan fingerprint density at radius 1 is 1.10 bits per heavy atom. The Morgan fingerprint density at radius 2 is 1.83 bits per heavy atom. The zero-order valence-electron chi connectivity index (χ0n) is 25.7. The summed E-state index contributed by atoms with van der Waals surface area (Å²) in [7, 11) is 0. The fourth-order valence-corrected chi connectivity index (χ4v) is 5.70. The van der Waals surface area contributed by atoms with Crippen molar-refractivity contribution >= 4 is 46.4 Å². The number of rotatable bonds is 10. The van der Waals surface area contributed by atoms with Gasteiger partial charge in [0.25, 0.3) is 5.91 Å². The molecule has 3 fully saturated rings. The number of pyridine rings is 2. The van der Waals surface area contributed by atoms with Gasteiger partial charge in [0, 0.05) is 51.4 Å². The molecule has 3 N–H and O–H groups in total. The van der Waals surface area contributed by atoms with E-state index in [1.165, 1.54) is 35.1 Å². The Hall–Kier alpha value is -5.32. The third-order valence-corrected chi connectivity index (χ3v) is 8.36. The topological polar surface area (TPSA) is 184 Å². The second-order valence-corrected chi connectivity index (χ2v) is 11.8. The SMILES string of the molecule is CC(=O)NC[C@H]1CN(c2ccc(OCC(O)C(=O)N3CCN(c4nc5c(cc4F)c(=O)c(C(=O)O)cn5C4CC4)CC3)c(F)c2)C(=O)O1. The van der Waals surface area contributed by atoms with Gasteiger partial charge in [0.1, 0.15) is 23.9 Å². The molecule has 3 aromatic rings. The van der Waals surface area contributed by atoms with E-state index in [0.29, 0.717) is 0 Å². The van der Waals surface area contributed by atoms with Crippen LogP contribution in [0.25, 0.3) is 11.0 Å². The Balaban J connectivity index is 1.05. The maximum atomic E-state index is 15.2. The number of nitrogens with zero attached hydrogens (tertiary/aromatic N) is 5. The summed E-state index contributed by atoms with van der Waals surface area (Å²) in [6.45, 7) is 1.47. The van der Waals surface area contributed by atoms with Crippen LogP contribution in [0.2, 0.25) is 0 Å². The highest BCUT2D eigenvalue weighted by Crippen LogP contribution is 2.37. The van der Waals surface area contributed by atoms with Gasteiger partial charge in [-0.05, 0) is 31.0 Å². The van der Waals surface area contributed by atoms with E-state index in [4.69, 9.17) is 9.47 Å². The highest BCUT2D eigenvalue weighted by molar-refractivity contribution is 5.92. The van der Waals surface area contributed by atoms with Crippen LogP contribution in [0.4, 0.5) is 25.1 Å². The van der Waals surface area contributed by atoms with Crippen LogP contribution in [0.5, 0.6) is 5.75 Å². The number of aromatic carboxylic acids is 1. The van der Waals surface area contributed by atoms with E-state index in [1.54, 1.807) is 9.47 Å². The summed E-state index contributed by atoms with van der Waals surface area (Å²) in [5.41, 5.74) is -0.898. The molecule has 0 radical (unpaired) electrons. The first kappa shape index (κ1) is 32.6. The lowest BCUT2D eigenvalue weighted by atomic mass is 10.1. The standard InChI is InChI=1S/C31H32F2N6O9/c1-16(40)34-12-19-13-39(31(46)48-19)18-4-5-25(22(32)10-18)47-15-24(41)29(43)37-8-6-36(7-9-37)28-23(33)11-20-26(42)21(30(44)45)14-38(17-2-3-17)27(20)35-28/h4-5,10-11,14,17,19,24,41H,2-3,6-9,12-13,15H2,1H3,(H,34,40)(H,44,45)/t19-,24?/m0/s1. The number of hydrogen-bond donors (Lipinski definition) is 3. The smallest absolute Gasteiger partial charge is 0.414 e. The monoisotopic (exact) mass is 670 g/mol. The van der Waals surface area contributed by atoms with Gasteiger partial charge in [0.2, 0.25) is 11.3 Å². The molecule has 2 saturated heterocycles. The van der Waals surface area contributed by atoms with Crippen molar-refractivity contribution in [3.05, 3.63) is 57.9 Å². The Labute approximate surface area is 271 Å². The number of anilines is 2. The second-order valence-electron chi connectivity index (χ2n) is 11.8. The maximum absolute atomic E-state index is 15.2. The van der Waals surface area contributed by atoms with Crippen LogP contribution in [-0.4, -0.2) is 107 Å². The van der Waals surface area contributed by atoms with Crippen molar-refractivity contribution in [1.29, 1.82) is 0 Å². The molecule has 0 spiro atoms. The summed E-state index contributed by atoms with van der Waals surface area (Å²) in [5, 5.41) is 22.4. The van der Waals surface area contributed by atoms with Gasteiger partial charge < -0.3 is 39.4 Å². The van der Waals surface area contributed by atoms with Crippen LogP contribution >= 0.6 is 0 Å². The first-order valence-corrected chi connectivity index (χ1v) is 15.3. The van der Waals surface area contributed by atoms with Crippen LogP contribution in [0, 0.1) is 11.6 Å². The van der Waals surface area contributed by atoms with Gasteiger partial charge in [-0.2, -0.15) is 0 Å². The lowest BCUT2D eigenvalue weighted by Gasteiger charge is -2.36. The molecule has 0 bridgehead atoms. The number of carboxylic acids is 1. The predicted octanol–water partition coefficient (Wildman–Crippen LogP) is 1.26. The number of carbonyl (C=O) groups is 4. The molecule has 17 heteroatoms. The number of aliphatic hydroxyl groups excluding tert-OH is 1. The molecule has 48 heavy (non-hydrogen) atoms. The van der Waals surface area contributed by atoms with Gasteiger partial charge in [-0.25, -0.2) is 23.4 Å². The van der Waals surface area contributed by atoms with Crippen molar-refractivity contribution in [2.45, 2.75) is 38.0 Å². The molecule has 2 aliphatic heterocycles. The van der Waals surface area contributed by atoms with E-state index in [9.17, 15) is 38.6 Å². The van der Waals surface area contributed by atoms with Gasteiger partial charge in [-0.1, -0.05) is 0 Å². The number of cyclic esters (lactones) is 1. The number of carboxylic acid groups (broad SMARTS) is 1. The van der Waals surface area contributed by atoms with E-state index >= 15 is 4.39 Å². The third kappa shape index (κ3) is 6.58. The summed E-state index contributed by atoms with van der Waals surface area (Å²) in [6.07, 6.45) is -0.152. The van der Waals surface area contributed by atoms with E-state index < -0.39 is 59.4 Å². The first-order valence-electron chi connectivity index (χ1n) is 15.3. The van der Waals surface area contributed by atoms with Crippen molar-refractivity contribution in [3.63, 3.8) is 0 Å². The van der Waals surface area contributed by atoms with Crippen molar-refractivity contribution in [1.82, 2.24) is 19.8 Å². The summed E-state index contributed by atoms with van der Waals surface area (Å²) in [4.78, 5) is 69.2. The molecule has 1 aromatic carbocycles. The van der Waals surface area contributed by atoms with Crippen LogP contribution < -0.4 is 25.3 Å². The molecule has 1 unspecified atom stereocenters. The summed E-state index contributed by atoms with van der Waals surface area (Å²) in [5.74, 6) is -4.30. The fourth-order valence-electron chi connectivity index (χ4n) is 5.70. The Kier molecular flexibility index (Phi) is 8.87. The van der Waals surface area contributed by atoms with Gasteiger partial charge in [-0.15, -0.1) is 0 Å². The zero-order chi connectivity index (χ0) is 34.3. The third-order valence-electron chi connectivity index (χ3n) is 8.36. The lowest BCUT2D eigenvalue weighted by molar-refractivity contribution is -0.142. The fraction of sp³-hybridized carbons (Fsp3) is 0.419. The summed E-state index contributed by atoms with van der Waals surface area (Å²) < 4.78 is 42.2. The molecule has 2 atom stereocenters. The van der Waals surface area contributed by atoms with Gasteiger partial charge in [0.05, 0.1) is 24.2 Å². The second kappa shape index (κ2) is 13.1. The molecule has 254 valence electrons. The van der Waals surface area contributed by atoms with Crippen molar-refractivity contribution in [2.75, 3.05) is 55.7 Å². The van der Waals surface area contributed by atoms with Crippen LogP contribution in [-0.2, 0) is 14.3 Å². The molecule has 1 aliphatic carbocycles. The molecule has 3 aliphatic rings. The zero-order valence-corrected chi connectivity index (χ0v) is 25.7. The molecule has 15 nitrogen and oxygen atoms in total. The van der Waals surface area contributed by atoms with Gasteiger partial charge in [-0.3, -0.25) is 19.3 Å². The highest BCUT2D eigenvalue weighted by Gasteiger charge is 2.34. The number of hydrogen-bond acceptors (Lipinski definition) is 10. The van der Waals surface area contributed by atoms with E-state index in [0.717, 1.165) is 25.0 Å². The minimum Gasteiger partial charge on any atom is -0.487 e. The largest absolute Gasteiger partial charge is 0.487 e. The summed E-state index contributed by atoms with van der Waals surface area (Å²) >= 11 is 0. The number of aromatic nitrogens is 2. The maximum Gasteiger partial charge on any atom is 0.414 e. The number of fused-ring (bicyclic) bond motifs is 1. The van der Waals surface area contributed by atoms with Crippen molar-refractivity contribution < 1.29 is 47.6 Å². The molecule has 1 saturated carbocycles. The van der Waals surface area contributed by atoms with Crippen molar-refractivity contribution in [2.24, 2.45) is 0 Å². The highest BCUT2D eigenvalue weighted by atomic mass is 19.1. The first-order chi connectivity index (χ1) is 22.9. The number of aliphatic hydroxyl groups is 1. The van der Waals surface area contributed by atoms with Gasteiger partial charge >= 0.3 is 12.1 Å². The predicted molar refractivity (Wildman–Crippen MR) is 164 cm³/mol. The lowest BCUT2D eigenvalue weighted by Crippen LogP contribution is -2.52. The molecular weight excluding hydrogens is 638 g/mol. The minimum absolute atomic E-state index is 0.0413. The Morgan fingerprint density at radius 3 is 2.48 bits per heavy atom.